The lowest BCUT2D eigenvalue weighted by Gasteiger charge is -2.36. The van der Waals surface area contributed by atoms with Crippen molar-refractivity contribution < 1.29 is 9.94 Å². The molecule has 100 valence electrons. The summed E-state index contributed by atoms with van der Waals surface area (Å²) in [4.78, 5) is 2.44. The lowest BCUT2D eigenvalue weighted by Crippen LogP contribution is -2.44. The van der Waals surface area contributed by atoms with Gasteiger partial charge in [-0.3, -0.25) is 0 Å². The van der Waals surface area contributed by atoms with E-state index in [0.717, 1.165) is 32.5 Å². The average molecular weight is 243 g/mol. The summed E-state index contributed by atoms with van der Waals surface area (Å²) in [7, 11) is 1.79. The van der Waals surface area contributed by atoms with Gasteiger partial charge in [0.25, 0.3) is 0 Å². The van der Waals surface area contributed by atoms with Crippen LogP contribution in [0.2, 0.25) is 0 Å². The summed E-state index contributed by atoms with van der Waals surface area (Å²) in [6.07, 6.45) is 4.31. The smallest absolute Gasteiger partial charge is 0.139 e. The first-order valence-corrected chi connectivity index (χ1v) is 6.39. The molecule has 0 aromatic carbocycles. The van der Waals surface area contributed by atoms with Crippen molar-refractivity contribution in [1.29, 1.82) is 0 Å². The quantitative estimate of drug-likeness (QED) is 0.242. The minimum Gasteiger partial charge on any atom is -0.409 e. The van der Waals surface area contributed by atoms with Gasteiger partial charge in [-0.2, -0.15) is 0 Å². The second kappa shape index (κ2) is 7.50. The number of likely N-dealkylation sites (tertiary alicyclic amines) is 1. The number of rotatable bonds is 6. The average Bonchev–Trinajstić information content (AvgIpc) is 2.36. The zero-order valence-corrected chi connectivity index (χ0v) is 10.9. The van der Waals surface area contributed by atoms with Gasteiger partial charge in [-0.1, -0.05) is 12.1 Å². The Labute approximate surface area is 104 Å². The van der Waals surface area contributed by atoms with E-state index < -0.39 is 0 Å². The van der Waals surface area contributed by atoms with Crippen LogP contribution in [0.5, 0.6) is 0 Å². The molecule has 0 bridgehead atoms. The number of hydrogen-bond donors (Lipinski definition) is 2. The van der Waals surface area contributed by atoms with Gasteiger partial charge in [0.2, 0.25) is 0 Å². The van der Waals surface area contributed by atoms with Gasteiger partial charge in [-0.15, -0.1) is 0 Å². The Morgan fingerprint density at radius 3 is 2.94 bits per heavy atom. The van der Waals surface area contributed by atoms with Crippen molar-refractivity contribution in [2.24, 2.45) is 16.8 Å². The monoisotopic (exact) mass is 243 g/mol. The van der Waals surface area contributed by atoms with Gasteiger partial charge in [0.1, 0.15) is 5.84 Å². The number of oxime groups is 1. The second-order valence-corrected chi connectivity index (χ2v) is 4.89. The highest BCUT2D eigenvalue weighted by molar-refractivity contribution is 5.79. The Morgan fingerprint density at radius 2 is 2.29 bits per heavy atom. The van der Waals surface area contributed by atoms with E-state index in [2.05, 4.69) is 17.0 Å². The molecule has 5 heteroatoms. The molecule has 0 aliphatic carbocycles. The van der Waals surface area contributed by atoms with Crippen LogP contribution in [-0.4, -0.2) is 48.8 Å². The second-order valence-electron chi connectivity index (χ2n) is 4.89. The fourth-order valence-corrected chi connectivity index (χ4v) is 2.30. The predicted molar refractivity (Wildman–Crippen MR) is 68.3 cm³/mol. The van der Waals surface area contributed by atoms with Crippen LogP contribution < -0.4 is 5.73 Å². The Balaban J connectivity index is 2.15. The van der Waals surface area contributed by atoms with E-state index in [1.54, 1.807) is 7.11 Å². The number of methoxy groups -OCH3 is 1. The van der Waals surface area contributed by atoms with Gasteiger partial charge in [-0.25, -0.2) is 0 Å². The standard InChI is InChI=1S/C12H25N3O2/c1-10-6-8-15(9-11(10)17-2)7-4-3-5-12(13)14-16/h10-11,16H,3-9H2,1-2H3,(H2,13,14). The van der Waals surface area contributed by atoms with Crippen LogP contribution in [0.15, 0.2) is 5.16 Å². The van der Waals surface area contributed by atoms with Crippen molar-refractivity contribution in [2.75, 3.05) is 26.7 Å². The molecule has 0 aromatic rings. The number of hydrogen-bond acceptors (Lipinski definition) is 4. The van der Waals surface area contributed by atoms with Gasteiger partial charge < -0.3 is 20.6 Å². The van der Waals surface area contributed by atoms with Crippen LogP contribution in [0, 0.1) is 5.92 Å². The van der Waals surface area contributed by atoms with Gasteiger partial charge in [0.05, 0.1) is 6.10 Å². The molecule has 1 saturated heterocycles. The van der Waals surface area contributed by atoms with E-state index in [1.807, 2.05) is 0 Å². The van der Waals surface area contributed by atoms with Gasteiger partial charge >= 0.3 is 0 Å². The maximum Gasteiger partial charge on any atom is 0.139 e. The van der Waals surface area contributed by atoms with Crippen LogP contribution in [0.1, 0.15) is 32.6 Å². The molecule has 0 amide bonds. The highest BCUT2D eigenvalue weighted by atomic mass is 16.5. The largest absolute Gasteiger partial charge is 0.409 e. The van der Waals surface area contributed by atoms with E-state index in [4.69, 9.17) is 15.7 Å². The zero-order chi connectivity index (χ0) is 12.7. The molecule has 0 radical (unpaired) electrons. The number of nitrogens with zero attached hydrogens (tertiary/aromatic N) is 2. The maximum absolute atomic E-state index is 8.41. The van der Waals surface area contributed by atoms with Crippen LogP contribution in [0.3, 0.4) is 0 Å². The Kier molecular flexibility index (Phi) is 6.29. The Hall–Kier alpha value is -0.810. The van der Waals surface area contributed by atoms with E-state index >= 15 is 0 Å². The fourth-order valence-electron chi connectivity index (χ4n) is 2.30. The molecule has 1 heterocycles. The Bertz CT molecular complexity index is 246. The lowest BCUT2D eigenvalue weighted by atomic mass is 9.95. The highest BCUT2D eigenvalue weighted by Gasteiger charge is 2.25. The molecular weight excluding hydrogens is 218 g/mol. The molecule has 3 N–H and O–H groups in total. The summed E-state index contributed by atoms with van der Waals surface area (Å²) in [6, 6.07) is 0. The third-order valence-corrected chi connectivity index (χ3v) is 3.56. The molecule has 1 fully saturated rings. The number of nitrogens with two attached hydrogens (primary N) is 1. The molecule has 5 nitrogen and oxygen atoms in total. The van der Waals surface area contributed by atoms with Crippen molar-refractivity contribution in [1.82, 2.24) is 4.90 Å². The SMILES string of the molecule is COC1CN(CCCCC(N)=NO)CCC1C. The topological polar surface area (TPSA) is 71.1 Å². The summed E-state index contributed by atoms with van der Waals surface area (Å²) in [5.41, 5.74) is 5.42. The molecule has 0 saturated carbocycles. The van der Waals surface area contributed by atoms with Crippen molar-refractivity contribution >= 4 is 5.84 Å². The number of piperidine rings is 1. The maximum atomic E-state index is 8.41. The van der Waals surface area contributed by atoms with E-state index in [0.29, 0.717) is 24.3 Å². The van der Waals surface area contributed by atoms with Crippen molar-refractivity contribution in [3.05, 3.63) is 0 Å². The minimum atomic E-state index is 0.326. The molecule has 17 heavy (non-hydrogen) atoms. The van der Waals surface area contributed by atoms with Crippen molar-refractivity contribution in [3.8, 4) is 0 Å². The first-order chi connectivity index (χ1) is 8.17. The van der Waals surface area contributed by atoms with Gasteiger partial charge in [0.15, 0.2) is 0 Å². The van der Waals surface area contributed by atoms with Crippen molar-refractivity contribution in [3.63, 3.8) is 0 Å². The molecule has 0 aromatic heterocycles. The summed E-state index contributed by atoms with van der Waals surface area (Å²) in [6.45, 7) is 5.51. The molecule has 2 unspecified atom stereocenters. The number of ether oxygens (including phenoxy) is 1. The molecule has 1 aliphatic rings. The summed E-state index contributed by atoms with van der Waals surface area (Å²) >= 11 is 0. The summed E-state index contributed by atoms with van der Waals surface area (Å²) in [5, 5.41) is 11.4. The molecule has 1 aliphatic heterocycles. The zero-order valence-electron chi connectivity index (χ0n) is 10.9. The Morgan fingerprint density at radius 1 is 1.53 bits per heavy atom. The normalized spacial score (nSPS) is 27.3. The van der Waals surface area contributed by atoms with E-state index in [9.17, 15) is 0 Å². The van der Waals surface area contributed by atoms with Crippen LogP contribution in [0.4, 0.5) is 0 Å². The molecule has 0 spiro atoms. The lowest BCUT2D eigenvalue weighted by molar-refractivity contribution is -0.00518. The van der Waals surface area contributed by atoms with Crippen LogP contribution >= 0.6 is 0 Å². The third-order valence-electron chi connectivity index (χ3n) is 3.56. The molecular formula is C12H25N3O2. The fraction of sp³-hybridized carbons (Fsp3) is 0.917. The first-order valence-electron chi connectivity index (χ1n) is 6.39. The van der Waals surface area contributed by atoms with Crippen LogP contribution in [0.25, 0.3) is 0 Å². The summed E-state index contributed by atoms with van der Waals surface area (Å²) in [5.74, 6) is 0.987. The molecule has 1 rings (SSSR count). The highest BCUT2D eigenvalue weighted by Crippen LogP contribution is 2.19. The van der Waals surface area contributed by atoms with Gasteiger partial charge in [0, 0.05) is 20.1 Å². The first kappa shape index (κ1) is 14.3. The minimum absolute atomic E-state index is 0.326. The van der Waals surface area contributed by atoms with E-state index in [-0.39, 0.29) is 0 Å². The summed E-state index contributed by atoms with van der Waals surface area (Å²) < 4.78 is 5.48. The van der Waals surface area contributed by atoms with E-state index in [1.165, 1.54) is 6.42 Å². The number of amidine groups is 1. The molecule has 2 atom stereocenters. The van der Waals surface area contributed by atoms with Gasteiger partial charge in [-0.05, 0) is 38.3 Å². The van der Waals surface area contributed by atoms with Crippen LogP contribution in [-0.2, 0) is 4.74 Å². The third kappa shape index (κ3) is 4.91. The predicted octanol–water partition coefficient (Wildman–Crippen LogP) is 1.26. The number of unbranched alkanes of at least 4 members (excludes halogenated alkanes) is 1. The van der Waals surface area contributed by atoms with Crippen molar-refractivity contribution in [2.45, 2.75) is 38.7 Å².